The zero-order chi connectivity index (χ0) is 46.3. The van der Waals surface area contributed by atoms with E-state index in [9.17, 15) is 9.59 Å². The van der Waals surface area contributed by atoms with Crippen molar-refractivity contribution in [3.63, 3.8) is 0 Å². The van der Waals surface area contributed by atoms with Crippen LogP contribution >= 0.6 is 0 Å². The molecule has 64 heavy (non-hydrogen) atoms. The summed E-state index contributed by atoms with van der Waals surface area (Å²) in [7, 11) is 0. The van der Waals surface area contributed by atoms with Crippen molar-refractivity contribution in [2.45, 2.75) is 245 Å². The van der Waals surface area contributed by atoms with Crippen LogP contribution in [0.5, 0.6) is 0 Å². The Balaban J connectivity index is 4.37. The summed E-state index contributed by atoms with van der Waals surface area (Å²) in [6.45, 7) is 7.46. The molecular weight excluding hydrogens is 789 g/mol. The normalized spacial score (nSPS) is 13.0. The Kier molecular flexibility index (Phi) is 51.5. The van der Waals surface area contributed by atoms with E-state index in [0.717, 1.165) is 89.9 Å². The molecule has 0 saturated heterocycles. The first-order chi connectivity index (χ1) is 31.6. The molecule has 0 aromatic rings. The lowest BCUT2D eigenvalue weighted by atomic mass is 10.0. The topological polar surface area (TPSA) is 61.8 Å². The number of carbonyl (C=O) groups is 2. The Hall–Kier alpha value is -3.18. The second-order valence-electron chi connectivity index (χ2n) is 17.4. The first kappa shape index (κ1) is 60.8. The fourth-order valence-corrected chi connectivity index (χ4v) is 7.25. The third-order valence-electron chi connectivity index (χ3n) is 11.1. The number of esters is 2. The highest BCUT2D eigenvalue weighted by atomic mass is 16.6. The van der Waals surface area contributed by atoms with Crippen LogP contribution < -0.4 is 0 Å². The van der Waals surface area contributed by atoms with Crippen molar-refractivity contribution in [1.82, 2.24) is 0 Å². The SMILES string of the molecule is CC/C=C\C/C=C\C/C=C\C/C=C\C/C=C\CC(=O)OC(COCCCCCC/C=C\C/C=C\C/C=C\CC)COC(=O)CCCCCCCCCCCCCCCCCCCCC. The van der Waals surface area contributed by atoms with Gasteiger partial charge in [0.2, 0.25) is 0 Å². The van der Waals surface area contributed by atoms with Crippen molar-refractivity contribution >= 4 is 11.9 Å². The molecule has 0 rings (SSSR count). The number of ether oxygens (including phenoxy) is 3. The van der Waals surface area contributed by atoms with Crippen LogP contribution in [0.3, 0.4) is 0 Å². The minimum absolute atomic E-state index is 0.0341. The van der Waals surface area contributed by atoms with Crippen molar-refractivity contribution in [2.75, 3.05) is 19.8 Å². The quantitative estimate of drug-likeness (QED) is 0.0346. The van der Waals surface area contributed by atoms with Gasteiger partial charge >= 0.3 is 11.9 Å². The molecular formula is C59H100O5. The fraction of sp³-hybridized carbons (Fsp3) is 0.695. The van der Waals surface area contributed by atoms with E-state index in [2.05, 4.69) is 106 Å². The Labute approximate surface area is 396 Å². The molecule has 1 unspecified atom stereocenters. The molecule has 0 spiro atoms. The summed E-state index contributed by atoms with van der Waals surface area (Å²) >= 11 is 0. The van der Waals surface area contributed by atoms with Gasteiger partial charge in [-0.3, -0.25) is 9.59 Å². The van der Waals surface area contributed by atoms with Crippen LogP contribution in [0.4, 0.5) is 0 Å². The highest BCUT2D eigenvalue weighted by molar-refractivity contribution is 5.71. The monoisotopic (exact) mass is 889 g/mol. The second kappa shape index (κ2) is 54.2. The Morgan fingerprint density at radius 2 is 0.750 bits per heavy atom. The summed E-state index contributed by atoms with van der Waals surface area (Å²) in [6, 6.07) is 0. The summed E-state index contributed by atoms with van der Waals surface area (Å²) in [4.78, 5) is 25.4. The molecule has 0 aliphatic carbocycles. The molecule has 0 aromatic heterocycles. The highest BCUT2D eigenvalue weighted by Crippen LogP contribution is 2.15. The molecule has 366 valence electrons. The molecule has 0 N–H and O–H groups in total. The van der Waals surface area contributed by atoms with Crippen molar-refractivity contribution in [2.24, 2.45) is 0 Å². The maximum atomic E-state index is 12.7. The van der Waals surface area contributed by atoms with Gasteiger partial charge in [-0.1, -0.05) is 246 Å². The molecule has 5 heteroatoms. The predicted octanol–water partition coefficient (Wildman–Crippen LogP) is 18.2. The molecule has 0 aliphatic heterocycles. The number of rotatable bonds is 48. The number of allylic oxidation sites excluding steroid dienone is 15. The highest BCUT2D eigenvalue weighted by Gasteiger charge is 2.17. The summed E-state index contributed by atoms with van der Waals surface area (Å²) in [5.41, 5.74) is 0. The van der Waals surface area contributed by atoms with Gasteiger partial charge in [0, 0.05) is 13.0 Å². The van der Waals surface area contributed by atoms with Crippen molar-refractivity contribution in [3.05, 3.63) is 97.2 Å². The van der Waals surface area contributed by atoms with E-state index in [4.69, 9.17) is 14.2 Å². The van der Waals surface area contributed by atoms with E-state index < -0.39 is 6.10 Å². The predicted molar refractivity (Wildman–Crippen MR) is 279 cm³/mol. The number of carbonyl (C=O) groups excluding carboxylic acids is 2. The average Bonchev–Trinajstić information content (AvgIpc) is 3.30. The first-order valence-electron chi connectivity index (χ1n) is 26.8. The van der Waals surface area contributed by atoms with E-state index in [0.29, 0.717) is 13.0 Å². The summed E-state index contributed by atoms with van der Waals surface area (Å²) in [5.74, 6) is -0.554. The maximum Gasteiger partial charge on any atom is 0.310 e. The molecule has 0 fully saturated rings. The van der Waals surface area contributed by atoms with E-state index >= 15 is 0 Å². The van der Waals surface area contributed by atoms with Gasteiger partial charge in [0.1, 0.15) is 6.61 Å². The van der Waals surface area contributed by atoms with Gasteiger partial charge in [0.15, 0.2) is 6.10 Å². The average molecular weight is 889 g/mol. The van der Waals surface area contributed by atoms with Crippen molar-refractivity contribution in [1.29, 1.82) is 0 Å². The number of hydrogen-bond donors (Lipinski definition) is 0. The van der Waals surface area contributed by atoms with Gasteiger partial charge in [-0.2, -0.15) is 0 Å². The first-order valence-corrected chi connectivity index (χ1v) is 26.8. The molecule has 1 atom stereocenters. The van der Waals surface area contributed by atoms with Crippen molar-refractivity contribution < 1.29 is 23.8 Å². The zero-order valence-corrected chi connectivity index (χ0v) is 42.0. The van der Waals surface area contributed by atoms with E-state index in [-0.39, 0.29) is 31.6 Å². The Morgan fingerprint density at radius 3 is 1.20 bits per heavy atom. The van der Waals surface area contributed by atoms with Gasteiger partial charge in [-0.15, -0.1) is 0 Å². The van der Waals surface area contributed by atoms with Crippen LogP contribution in [0.15, 0.2) is 97.2 Å². The van der Waals surface area contributed by atoms with Crippen LogP contribution in [0, 0.1) is 0 Å². The summed E-state index contributed by atoms with van der Waals surface area (Å²) < 4.78 is 17.3. The summed E-state index contributed by atoms with van der Waals surface area (Å²) in [5, 5.41) is 0. The second-order valence-corrected chi connectivity index (χ2v) is 17.4. The lowest BCUT2D eigenvalue weighted by molar-refractivity contribution is -0.162. The number of unbranched alkanes of at least 4 members (excludes halogenated alkanes) is 22. The van der Waals surface area contributed by atoms with Gasteiger partial charge in [0.25, 0.3) is 0 Å². The smallest absolute Gasteiger partial charge is 0.310 e. The molecule has 0 saturated carbocycles. The molecule has 0 amide bonds. The van der Waals surface area contributed by atoms with Gasteiger partial charge in [-0.05, 0) is 77.0 Å². The van der Waals surface area contributed by atoms with Crippen LogP contribution in [-0.4, -0.2) is 37.9 Å². The van der Waals surface area contributed by atoms with Crippen LogP contribution in [0.25, 0.3) is 0 Å². The Bertz CT molecular complexity index is 1230. The van der Waals surface area contributed by atoms with E-state index in [1.165, 1.54) is 116 Å². The van der Waals surface area contributed by atoms with Crippen LogP contribution in [0.2, 0.25) is 0 Å². The van der Waals surface area contributed by atoms with Crippen LogP contribution in [0.1, 0.15) is 239 Å². The third-order valence-corrected chi connectivity index (χ3v) is 11.1. The maximum absolute atomic E-state index is 12.7. The standard InChI is InChI=1S/C59H100O5/c1-4-7-10-13-16-19-22-25-28-29-30-31-33-34-37-40-43-46-49-52-58(60)63-56-57(55-62-54-51-48-45-42-39-36-27-24-21-18-15-12-9-6-3)64-59(61)53-50-47-44-41-38-35-32-26-23-20-17-14-11-8-5-2/h8-9,11-12,17-18,20-21,26-27,32,36,38,41,47,50,57H,4-7,10,13-16,19,22-25,28-31,33-35,37,39-40,42-46,48-49,51-56H2,1-3H3/b11-8-,12-9-,20-17-,21-18-,32-26-,36-27-,41-38-,50-47-. The van der Waals surface area contributed by atoms with Gasteiger partial charge in [-0.25, -0.2) is 0 Å². The minimum Gasteiger partial charge on any atom is -0.462 e. The van der Waals surface area contributed by atoms with E-state index in [1.807, 2.05) is 12.2 Å². The molecule has 0 aromatic carbocycles. The van der Waals surface area contributed by atoms with Gasteiger partial charge in [0.05, 0.1) is 13.0 Å². The van der Waals surface area contributed by atoms with Gasteiger partial charge < -0.3 is 14.2 Å². The zero-order valence-electron chi connectivity index (χ0n) is 42.0. The Morgan fingerprint density at radius 1 is 0.375 bits per heavy atom. The molecule has 5 nitrogen and oxygen atoms in total. The van der Waals surface area contributed by atoms with E-state index in [1.54, 1.807) is 0 Å². The molecule has 0 bridgehead atoms. The summed E-state index contributed by atoms with van der Waals surface area (Å²) in [6.07, 6.45) is 73.1. The number of hydrogen-bond acceptors (Lipinski definition) is 5. The molecule has 0 aliphatic rings. The van der Waals surface area contributed by atoms with Crippen molar-refractivity contribution in [3.8, 4) is 0 Å². The lowest BCUT2D eigenvalue weighted by Gasteiger charge is -2.18. The largest absolute Gasteiger partial charge is 0.462 e. The lowest BCUT2D eigenvalue weighted by Crippen LogP contribution is -2.29. The van der Waals surface area contributed by atoms with Crippen LogP contribution in [-0.2, 0) is 23.8 Å². The minimum atomic E-state index is -0.605. The molecule has 0 heterocycles. The molecule has 0 radical (unpaired) electrons. The third kappa shape index (κ3) is 51.5. The fourth-order valence-electron chi connectivity index (χ4n) is 7.25.